The predicted molar refractivity (Wildman–Crippen MR) is 84.9 cm³/mol. The van der Waals surface area contributed by atoms with E-state index in [2.05, 4.69) is 18.7 Å². The van der Waals surface area contributed by atoms with Crippen LogP contribution in [0.4, 0.5) is 5.82 Å². The molecule has 0 bridgehead atoms. The lowest BCUT2D eigenvalue weighted by Crippen LogP contribution is -2.43. The van der Waals surface area contributed by atoms with Crippen LogP contribution in [0.15, 0.2) is 17.7 Å². The number of aliphatic carboxylic acids is 1. The second-order valence-corrected chi connectivity index (χ2v) is 6.47. The van der Waals surface area contributed by atoms with Gasteiger partial charge in [-0.05, 0) is 31.8 Å². The smallest absolute Gasteiger partial charge is 0.328 e. The van der Waals surface area contributed by atoms with E-state index in [1.54, 1.807) is 17.4 Å². The van der Waals surface area contributed by atoms with E-state index >= 15 is 0 Å². The van der Waals surface area contributed by atoms with Crippen LogP contribution in [0.1, 0.15) is 32.4 Å². The molecule has 5 nitrogen and oxygen atoms in total. The molecular formula is C15H19N3O2S. The summed E-state index contributed by atoms with van der Waals surface area (Å²) in [5, 5.41) is 10.9. The van der Waals surface area contributed by atoms with E-state index in [9.17, 15) is 4.79 Å². The van der Waals surface area contributed by atoms with Gasteiger partial charge in [-0.3, -0.25) is 4.40 Å². The molecule has 1 aliphatic heterocycles. The van der Waals surface area contributed by atoms with Gasteiger partial charge in [0.1, 0.15) is 0 Å². The van der Waals surface area contributed by atoms with Crippen molar-refractivity contribution in [1.82, 2.24) is 9.38 Å². The molecule has 3 heterocycles. The topological polar surface area (TPSA) is 57.8 Å². The van der Waals surface area contributed by atoms with E-state index in [1.807, 2.05) is 16.0 Å². The molecule has 3 rings (SSSR count). The fourth-order valence-corrected chi connectivity index (χ4v) is 3.66. The number of hydrogen-bond donors (Lipinski definition) is 1. The molecule has 2 unspecified atom stereocenters. The van der Waals surface area contributed by atoms with Crippen molar-refractivity contribution in [1.29, 1.82) is 0 Å². The highest BCUT2D eigenvalue weighted by atomic mass is 32.1. The van der Waals surface area contributed by atoms with E-state index in [-0.39, 0.29) is 0 Å². The van der Waals surface area contributed by atoms with Gasteiger partial charge in [0, 0.05) is 30.2 Å². The molecule has 0 radical (unpaired) electrons. The van der Waals surface area contributed by atoms with Crippen LogP contribution in [0.25, 0.3) is 11.0 Å². The Morgan fingerprint density at radius 3 is 3.10 bits per heavy atom. The first-order chi connectivity index (χ1) is 10.1. The molecule has 6 heteroatoms. The lowest BCUT2D eigenvalue weighted by molar-refractivity contribution is -0.131. The second kappa shape index (κ2) is 5.52. The Morgan fingerprint density at radius 1 is 1.52 bits per heavy atom. The highest BCUT2D eigenvalue weighted by Crippen LogP contribution is 2.32. The van der Waals surface area contributed by atoms with Crippen molar-refractivity contribution in [2.75, 3.05) is 11.4 Å². The van der Waals surface area contributed by atoms with Crippen molar-refractivity contribution in [2.24, 2.45) is 5.92 Å². The molecule has 2 aromatic heterocycles. The number of fused-ring (bicyclic) bond motifs is 1. The molecule has 2 atom stereocenters. The summed E-state index contributed by atoms with van der Waals surface area (Å²) in [6.45, 7) is 5.47. The molecule has 112 valence electrons. The van der Waals surface area contributed by atoms with Crippen LogP contribution in [0.2, 0.25) is 0 Å². The average Bonchev–Trinajstić information content (AvgIpc) is 3.00. The number of carboxylic acid groups (broad SMARTS) is 1. The number of aromatic nitrogens is 2. The van der Waals surface area contributed by atoms with E-state index in [1.165, 1.54) is 12.5 Å². The van der Waals surface area contributed by atoms with E-state index in [0.29, 0.717) is 12.0 Å². The number of imidazole rings is 1. The Bertz CT molecular complexity index is 688. The Balaban J connectivity index is 2.06. The number of nitrogens with zero attached hydrogens (tertiary/aromatic N) is 3. The van der Waals surface area contributed by atoms with Gasteiger partial charge in [0.2, 0.25) is 0 Å². The third-order valence-corrected chi connectivity index (χ3v) is 5.07. The van der Waals surface area contributed by atoms with Crippen LogP contribution < -0.4 is 4.90 Å². The normalized spacial score (nSPS) is 23.2. The van der Waals surface area contributed by atoms with Gasteiger partial charge in [0.05, 0.1) is 5.69 Å². The number of rotatable bonds is 3. The van der Waals surface area contributed by atoms with Gasteiger partial charge in [-0.15, -0.1) is 11.3 Å². The zero-order valence-electron chi connectivity index (χ0n) is 12.2. The quantitative estimate of drug-likeness (QED) is 0.885. The van der Waals surface area contributed by atoms with Gasteiger partial charge in [0.15, 0.2) is 10.8 Å². The molecule has 0 amide bonds. The first-order valence-electron chi connectivity index (χ1n) is 7.21. The molecule has 1 fully saturated rings. The van der Waals surface area contributed by atoms with E-state index in [0.717, 1.165) is 29.4 Å². The monoisotopic (exact) mass is 305 g/mol. The zero-order chi connectivity index (χ0) is 15.0. The Kier molecular flexibility index (Phi) is 3.71. The van der Waals surface area contributed by atoms with E-state index in [4.69, 9.17) is 10.1 Å². The summed E-state index contributed by atoms with van der Waals surface area (Å²) in [6, 6.07) is 0.417. The number of carbonyl (C=O) groups is 1. The van der Waals surface area contributed by atoms with Gasteiger partial charge in [-0.1, -0.05) is 6.92 Å². The number of thiazole rings is 1. The molecule has 0 saturated carbocycles. The van der Waals surface area contributed by atoms with Crippen molar-refractivity contribution in [3.8, 4) is 0 Å². The Labute approximate surface area is 127 Å². The van der Waals surface area contributed by atoms with Crippen molar-refractivity contribution in [3.05, 3.63) is 23.3 Å². The number of anilines is 1. The summed E-state index contributed by atoms with van der Waals surface area (Å²) < 4.78 is 1.96. The summed E-state index contributed by atoms with van der Waals surface area (Å²) in [7, 11) is 0. The fourth-order valence-electron chi connectivity index (χ4n) is 2.94. The Morgan fingerprint density at radius 2 is 2.33 bits per heavy atom. The van der Waals surface area contributed by atoms with Crippen LogP contribution in [0.5, 0.6) is 0 Å². The summed E-state index contributed by atoms with van der Waals surface area (Å²) >= 11 is 1.57. The van der Waals surface area contributed by atoms with Gasteiger partial charge in [-0.25, -0.2) is 9.78 Å². The molecule has 1 saturated heterocycles. The van der Waals surface area contributed by atoms with Crippen LogP contribution in [-0.2, 0) is 4.79 Å². The molecule has 0 aliphatic carbocycles. The van der Waals surface area contributed by atoms with Crippen LogP contribution in [0.3, 0.4) is 0 Å². The van der Waals surface area contributed by atoms with Crippen molar-refractivity contribution in [3.63, 3.8) is 0 Å². The third-order valence-electron chi connectivity index (χ3n) is 4.31. The standard InChI is InChI=1S/C15H19N3O2S/c1-10-4-3-7-17(11(10)2)14-12(5-6-13(19)20)18-8-9-21-15(18)16-14/h5-6,8-11H,3-4,7H2,1-2H3,(H,19,20). The number of hydrogen-bond acceptors (Lipinski definition) is 4. The van der Waals surface area contributed by atoms with Gasteiger partial charge in [0.25, 0.3) is 0 Å². The minimum Gasteiger partial charge on any atom is -0.478 e. The summed E-state index contributed by atoms with van der Waals surface area (Å²) in [4.78, 5) is 18.8. The maximum Gasteiger partial charge on any atom is 0.328 e. The second-order valence-electron chi connectivity index (χ2n) is 5.60. The number of piperidine rings is 1. The molecule has 1 N–H and O–H groups in total. The van der Waals surface area contributed by atoms with Crippen molar-refractivity contribution >= 4 is 34.2 Å². The molecule has 21 heavy (non-hydrogen) atoms. The fraction of sp³-hybridized carbons (Fsp3) is 0.467. The first kappa shape index (κ1) is 14.1. The van der Waals surface area contributed by atoms with Gasteiger partial charge in [-0.2, -0.15) is 0 Å². The van der Waals surface area contributed by atoms with Gasteiger partial charge >= 0.3 is 5.97 Å². The lowest BCUT2D eigenvalue weighted by atomic mass is 9.92. The lowest BCUT2D eigenvalue weighted by Gasteiger charge is -2.38. The molecule has 2 aromatic rings. The maximum atomic E-state index is 10.8. The summed E-state index contributed by atoms with van der Waals surface area (Å²) in [5.41, 5.74) is 0.856. The van der Waals surface area contributed by atoms with Crippen LogP contribution in [-0.4, -0.2) is 33.0 Å². The minimum absolute atomic E-state index is 0.417. The first-order valence-corrected chi connectivity index (χ1v) is 8.09. The largest absolute Gasteiger partial charge is 0.478 e. The average molecular weight is 305 g/mol. The van der Waals surface area contributed by atoms with Crippen LogP contribution in [0, 0.1) is 5.92 Å². The molecule has 0 spiro atoms. The maximum absolute atomic E-state index is 10.8. The van der Waals surface area contributed by atoms with Crippen molar-refractivity contribution < 1.29 is 9.90 Å². The third kappa shape index (κ3) is 2.55. The molecular weight excluding hydrogens is 286 g/mol. The highest BCUT2D eigenvalue weighted by molar-refractivity contribution is 7.15. The highest BCUT2D eigenvalue weighted by Gasteiger charge is 2.28. The van der Waals surface area contributed by atoms with Gasteiger partial charge < -0.3 is 10.0 Å². The zero-order valence-corrected chi connectivity index (χ0v) is 13.0. The van der Waals surface area contributed by atoms with E-state index < -0.39 is 5.97 Å². The summed E-state index contributed by atoms with van der Waals surface area (Å²) in [6.07, 6.45) is 7.16. The summed E-state index contributed by atoms with van der Waals surface area (Å²) in [5.74, 6) is 0.583. The number of carboxylic acids is 1. The van der Waals surface area contributed by atoms with Crippen LogP contribution >= 0.6 is 11.3 Å². The SMILES string of the molecule is CC1CCCN(c2nc3sccn3c2C=CC(=O)O)C1C. The molecule has 0 aromatic carbocycles. The minimum atomic E-state index is -0.939. The van der Waals surface area contributed by atoms with Crippen molar-refractivity contribution in [2.45, 2.75) is 32.7 Å². The predicted octanol–water partition coefficient (Wildman–Crippen LogP) is 3.12. The molecule has 1 aliphatic rings. The Hall–Kier alpha value is -1.82.